The van der Waals surface area contributed by atoms with E-state index in [-0.39, 0.29) is 20.4 Å². The predicted octanol–water partition coefficient (Wildman–Crippen LogP) is 10.1. The van der Waals surface area contributed by atoms with E-state index >= 15 is 0 Å². The third kappa shape index (κ3) is 5.70. The molecule has 200 valence electrons. The first-order valence-corrected chi connectivity index (χ1v) is 16.8. The van der Waals surface area contributed by atoms with Gasteiger partial charge in [-0.25, -0.2) is 0 Å². The van der Waals surface area contributed by atoms with Gasteiger partial charge >= 0.3 is 198 Å². The van der Waals surface area contributed by atoms with E-state index in [4.69, 9.17) is 3.98 Å². The van der Waals surface area contributed by atoms with Crippen molar-refractivity contribution >= 4 is 26.0 Å². The molecule has 0 bridgehead atoms. The Morgan fingerprint density at radius 1 is 0.579 bits per heavy atom. The number of hydrogen-bond donors (Lipinski definition) is 0. The fraction of sp³-hybridized carbons (Fsp3) is 0.486. The molecule has 0 unspecified atom stereocenters. The first kappa shape index (κ1) is 27.4. The van der Waals surface area contributed by atoms with E-state index < -0.39 is 0 Å². The molecule has 0 radical (unpaired) electrons. The molecule has 0 atom stereocenters. The number of hydrogen-bond acceptors (Lipinski definition) is 2. The Balaban J connectivity index is 1.50. The van der Waals surface area contributed by atoms with Crippen molar-refractivity contribution in [2.75, 3.05) is 0 Å². The second kappa shape index (κ2) is 13.2. The van der Waals surface area contributed by atoms with Crippen molar-refractivity contribution in [3.05, 3.63) is 71.8 Å². The van der Waals surface area contributed by atoms with Crippen molar-refractivity contribution in [3.8, 4) is 22.3 Å². The number of rotatable bonds is 15. The molecule has 1 heterocycles. The van der Waals surface area contributed by atoms with Gasteiger partial charge in [0.1, 0.15) is 0 Å². The van der Waals surface area contributed by atoms with Gasteiger partial charge in [0, 0.05) is 0 Å². The number of benzene rings is 3. The van der Waals surface area contributed by atoms with Crippen LogP contribution >= 0.6 is 0 Å². The van der Waals surface area contributed by atoms with E-state index in [2.05, 4.69) is 78.5 Å². The number of unbranched alkanes of at least 4 members (excludes halogenated alkanes) is 10. The Labute approximate surface area is 236 Å². The SMILES string of the molecule is CCCCCCCCC1(CCCCCCCC)c2ccccc2-c2ccc(-c3cccc4n[se]nc34)cc21. The van der Waals surface area contributed by atoms with Crippen LogP contribution in [0.25, 0.3) is 33.3 Å². The number of fused-ring (bicyclic) bond motifs is 4. The van der Waals surface area contributed by atoms with E-state index in [1.165, 1.54) is 112 Å². The fourth-order valence-corrected chi connectivity index (χ4v) is 7.89. The van der Waals surface area contributed by atoms with Crippen molar-refractivity contribution in [2.24, 2.45) is 0 Å². The van der Waals surface area contributed by atoms with Crippen LogP contribution in [-0.4, -0.2) is 22.9 Å². The van der Waals surface area contributed by atoms with Crippen LogP contribution in [-0.2, 0) is 5.41 Å². The summed E-state index contributed by atoms with van der Waals surface area (Å²) < 4.78 is 9.47. The van der Waals surface area contributed by atoms with Gasteiger partial charge in [-0.05, 0) is 0 Å². The first-order chi connectivity index (χ1) is 18.8. The molecule has 4 aromatic rings. The predicted molar refractivity (Wildman–Crippen MR) is 164 cm³/mol. The van der Waals surface area contributed by atoms with Gasteiger partial charge in [-0.15, -0.1) is 0 Å². The molecule has 0 saturated heterocycles. The van der Waals surface area contributed by atoms with Crippen LogP contribution in [0.2, 0.25) is 0 Å². The quantitative estimate of drug-likeness (QED) is 0.105. The van der Waals surface area contributed by atoms with Crippen molar-refractivity contribution in [1.82, 2.24) is 7.96 Å². The molecule has 2 nitrogen and oxygen atoms in total. The van der Waals surface area contributed by atoms with Crippen LogP contribution in [0.5, 0.6) is 0 Å². The minimum atomic E-state index is -0.00922. The van der Waals surface area contributed by atoms with E-state index in [9.17, 15) is 0 Å². The van der Waals surface area contributed by atoms with Gasteiger partial charge in [-0.3, -0.25) is 0 Å². The molecule has 0 aliphatic heterocycles. The molecular formula is C35H44N2Se. The van der Waals surface area contributed by atoms with Gasteiger partial charge in [0.2, 0.25) is 0 Å². The average Bonchev–Trinajstić information content (AvgIpc) is 3.54. The Kier molecular flexibility index (Phi) is 9.52. The molecule has 5 rings (SSSR count). The summed E-state index contributed by atoms with van der Waals surface area (Å²) in [5.41, 5.74) is 10.9. The summed E-state index contributed by atoms with van der Waals surface area (Å²) in [4.78, 5) is 0. The van der Waals surface area contributed by atoms with E-state index in [0.717, 1.165) is 11.0 Å². The van der Waals surface area contributed by atoms with Crippen LogP contribution in [0.4, 0.5) is 0 Å². The summed E-state index contributed by atoms with van der Waals surface area (Å²) >= 11 is -0.00922. The van der Waals surface area contributed by atoms with Gasteiger partial charge in [0.15, 0.2) is 0 Å². The second-order valence-corrected chi connectivity index (χ2v) is 12.5. The fourth-order valence-electron chi connectivity index (χ4n) is 6.74. The molecule has 1 aromatic heterocycles. The standard InChI is InChI=1S/C35H44N2Se/c1-3-5-7-9-11-15-24-35(25-16-12-10-8-6-4-2)31-20-14-13-18-29(31)30-23-22-27(26-32(30)35)28-19-17-21-33-34(28)37-38-36-33/h13-14,17-23,26H,3-12,15-16,24-25H2,1-2H3. The number of aromatic nitrogens is 2. The summed E-state index contributed by atoms with van der Waals surface area (Å²) in [6.07, 6.45) is 18.7. The molecule has 0 saturated carbocycles. The van der Waals surface area contributed by atoms with Gasteiger partial charge in [0.25, 0.3) is 0 Å². The van der Waals surface area contributed by atoms with E-state index in [1.807, 2.05) is 0 Å². The zero-order chi connectivity index (χ0) is 26.2. The maximum atomic E-state index is 4.81. The third-order valence-corrected chi connectivity index (χ3v) is 9.92. The van der Waals surface area contributed by atoms with Crippen LogP contribution in [0.3, 0.4) is 0 Å². The molecule has 0 spiro atoms. The van der Waals surface area contributed by atoms with Crippen molar-refractivity contribution in [2.45, 2.75) is 109 Å². The maximum absolute atomic E-state index is 4.81. The van der Waals surface area contributed by atoms with Gasteiger partial charge in [-0.1, -0.05) is 39.5 Å². The molecule has 3 aromatic carbocycles. The van der Waals surface area contributed by atoms with Crippen molar-refractivity contribution < 1.29 is 0 Å². The van der Waals surface area contributed by atoms with Crippen molar-refractivity contribution in [3.63, 3.8) is 0 Å². The topological polar surface area (TPSA) is 25.8 Å². The number of nitrogens with zero attached hydrogens (tertiary/aromatic N) is 2. The second-order valence-electron chi connectivity index (χ2n) is 11.4. The summed E-state index contributed by atoms with van der Waals surface area (Å²) in [6.45, 7) is 4.62. The summed E-state index contributed by atoms with van der Waals surface area (Å²) in [7, 11) is 0. The van der Waals surface area contributed by atoms with Crippen LogP contribution in [0, 0.1) is 0 Å². The molecule has 0 N–H and O–H groups in total. The molecule has 0 amide bonds. The average molecular weight is 572 g/mol. The van der Waals surface area contributed by atoms with Crippen molar-refractivity contribution in [1.29, 1.82) is 0 Å². The first-order valence-electron chi connectivity index (χ1n) is 15.2. The van der Waals surface area contributed by atoms with Gasteiger partial charge in [0.05, 0.1) is 0 Å². The normalized spacial score (nSPS) is 13.6. The molecule has 3 heteroatoms. The molecule has 38 heavy (non-hydrogen) atoms. The summed E-state index contributed by atoms with van der Waals surface area (Å²) in [5.74, 6) is 0. The zero-order valence-electron chi connectivity index (χ0n) is 23.5. The molecule has 0 fully saturated rings. The Hall–Kier alpha value is -2.22. The zero-order valence-corrected chi connectivity index (χ0v) is 25.2. The Morgan fingerprint density at radius 2 is 1.21 bits per heavy atom. The monoisotopic (exact) mass is 572 g/mol. The van der Waals surface area contributed by atoms with Crippen LogP contribution < -0.4 is 0 Å². The Bertz CT molecular complexity index is 1300. The molecular weight excluding hydrogens is 527 g/mol. The van der Waals surface area contributed by atoms with E-state index in [0.29, 0.717) is 0 Å². The van der Waals surface area contributed by atoms with Gasteiger partial charge in [-0.2, -0.15) is 0 Å². The summed E-state index contributed by atoms with van der Waals surface area (Å²) in [5, 5.41) is 0. The van der Waals surface area contributed by atoms with Crippen LogP contribution in [0.1, 0.15) is 115 Å². The molecule has 1 aliphatic carbocycles. The van der Waals surface area contributed by atoms with E-state index in [1.54, 1.807) is 11.1 Å². The minimum absolute atomic E-state index is 0.00922. The van der Waals surface area contributed by atoms with Gasteiger partial charge < -0.3 is 0 Å². The Morgan fingerprint density at radius 3 is 1.95 bits per heavy atom. The third-order valence-electron chi connectivity index (χ3n) is 8.78. The summed E-state index contributed by atoms with van der Waals surface area (Å²) in [6, 6.07) is 23.1. The molecule has 1 aliphatic rings. The van der Waals surface area contributed by atoms with Crippen LogP contribution in [0.15, 0.2) is 60.7 Å².